The number of rotatable bonds is 6. The molecule has 1 amide bonds. The normalized spacial score (nSPS) is 11.2. The highest BCUT2D eigenvalue weighted by molar-refractivity contribution is 7.90. The van der Waals surface area contributed by atoms with E-state index in [4.69, 9.17) is 4.74 Å². The van der Waals surface area contributed by atoms with Crippen LogP contribution in [0.5, 0.6) is 11.5 Å². The molecule has 0 spiro atoms. The molecule has 0 aliphatic rings. The zero-order chi connectivity index (χ0) is 23.6. The Hall–Kier alpha value is -4.19. The van der Waals surface area contributed by atoms with Gasteiger partial charge < -0.3 is 4.74 Å². The van der Waals surface area contributed by atoms with Crippen LogP contribution < -0.4 is 10.1 Å². The lowest BCUT2D eigenvalue weighted by atomic mass is 10.0. The number of aromatic amines is 1. The van der Waals surface area contributed by atoms with Gasteiger partial charge in [-0.25, -0.2) is 17.2 Å². The summed E-state index contributed by atoms with van der Waals surface area (Å²) in [6.45, 7) is 0. The van der Waals surface area contributed by atoms with Gasteiger partial charge in [-0.15, -0.1) is 5.10 Å². The molecule has 0 aliphatic heterocycles. The maximum absolute atomic E-state index is 14.2. The number of anilines is 1. The van der Waals surface area contributed by atoms with Gasteiger partial charge in [0.15, 0.2) is 21.4 Å². The van der Waals surface area contributed by atoms with Gasteiger partial charge in [0.1, 0.15) is 11.6 Å². The summed E-state index contributed by atoms with van der Waals surface area (Å²) in [4.78, 5) is 12.7. The summed E-state index contributed by atoms with van der Waals surface area (Å²) in [6.07, 6.45) is 1.09. The molecule has 4 aromatic rings. The zero-order valence-electron chi connectivity index (χ0n) is 16.9. The molecule has 1 aromatic heterocycles. The van der Waals surface area contributed by atoms with E-state index in [1.165, 1.54) is 24.3 Å². The number of nitrogens with one attached hydrogen (secondary N) is 2. The second-order valence-corrected chi connectivity index (χ2v) is 8.89. The topological polar surface area (TPSA) is 127 Å². The van der Waals surface area contributed by atoms with Gasteiger partial charge in [-0.2, -0.15) is 5.21 Å². The number of carbonyl (C=O) groups excluding carboxylic acids is 1. The van der Waals surface area contributed by atoms with Crippen LogP contribution in [0.15, 0.2) is 65.6 Å². The Morgan fingerprint density at radius 3 is 2.39 bits per heavy atom. The Kier molecular flexibility index (Phi) is 5.84. The molecule has 3 aromatic carbocycles. The fourth-order valence-corrected chi connectivity index (χ4v) is 3.56. The molecular weight excluding hydrogens is 456 g/mol. The van der Waals surface area contributed by atoms with Crippen molar-refractivity contribution in [3.63, 3.8) is 0 Å². The molecule has 0 bridgehead atoms. The molecule has 1 heterocycles. The Labute approximate surface area is 186 Å². The molecule has 4 rings (SSSR count). The Bertz CT molecular complexity index is 1430. The second kappa shape index (κ2) is 8.74. The number of sulfone groups is 1. The largest absolute Gasteiger partial charge is 0.454 e. The lowest BCUT2D eigenvalue weighted by Gasteiger charge is -2.14. The van der Waals surface area contributed by atoms with Crippen LogP contribution >= 0.6 is 0 Å². The van der Waals surface area contributed by atoms with Crippen molar-refractivity contribution in [2.24, 2.45) is 0 Å². The van der Waals surface area contributed by atoms with Crippen LogP contribution in [-0.4, -0.2) is 41.2 Å². The lowest BCUT2D eigenvalue weighted by molar-refractivity contribution is 0.102. The van der Waals surface area contributed by atoms with Crippen LogP contribution in [0.1, 0.15) is 10.4 Å². The average molecular weight is 471 g/mol. The number of hydrogen-bond acceptors (Lipinski definition) is 7. The van der Waals surface area contributed by atoms with Gasteiger partial charge in [-0.3, -0.25) is 10.1 Å². The molecular formula is C21H15F2N5O4S. The number of hydrogen-bond donors (Lipinski definition) is 2. The third-order valence-electron chi connectivity index (χ3n) is 4.52. The minimum atomic E-state index is -3.40. The van der Waals surface area contributed by atoms with Gasteiger partial charge in [0.05, 0.1) is 4.90 Å². The van der Waals surface area contributed by atoms with Crippen molar-refractivity contribution < 1.29 is 26.7 Å². The van der Waals surface area contributed by atoms with E-state index < -0.39 is 27.4 Å². The molecule has 33 heavy (non-hydrogen) atoms. The smallest absolute Gasteiger partial charge is 0.270 e. The molecule has 0 saturated heterocycles. The summed E-state index contributed by atoms with van der Waals surface area (Å²) in [6, 6.07) is 13.2. The van der Waals surface area contributed by atoms with Gasteiger partial charge in [0.25, 0.3) is 11.9 Å². The van der Waals surface area contributed by atoms with Crippen molar-refractivity contribution in [1.82, 2.24) is 20.6 Å². The molecule has 12 heteroatoms. The van der Waals surface area contributed by atoms with Crippen molar-refractivity contribution in [2.75, 3.05) is 11.6 Å². The predicted molar refractivity (Wildman–Crippen MR) is 114 cm³/mol. The molecule has 9 nitrogen and oxygen atoms in total. The van der Waals surface area contributed by atoms with E-state index >= 15 is 0 Å². The van der Waals surface area contributed by atoms with Gasteiger partial charge in [-0.05, 0) is 53.2 Å². The number of amides is 1. The summed E-state index contributed by atoms with van der Waals surface area (Å²) in [5, 5.41) is 15.3. The van der Waals surface area contributed by atoms with Gasteiger partial charge >= 0.3 is 0 Å². The van der Waals surface area contributed by atoms with Crippen LogP contribution in [0.2, 0.25) is 0 Å². The van der Waals surface area contributed by atoms with Crippen LogP contribution in [-0.2, 0) is 9.84 Å². The lowest BCUT2D eigenvalue weighted by Crippen LogP contribution is -2.13. The number of nitrogens with zero attached hydrogens (tertiary/aromatic N) is 3. The van der Waals surface area contributed by atoms with Crippen molar-refractivity contribution in [2.45, 2.75) is 4.90 Å². The standard InChI is InChI=1S/C21H15F2N5O4S/c1-33(30,31)15-6-2-12(3-7-15)16-8-4-13(20(29)24-21-25-27-28-26-21)10-19(16)32-18-9-5-14(22)11-17(18)23/h2-11H,1H3,(H2,24,25,26,27,28,29). The molecule has 168 valence electrons. The van der Waals surface area contributed by atoms with Crippen molar-refractivity contribution in [3.05, 3.63) is 77.9 Å². The van der Waals surface area contributed by atoms with Crippen molar-refractivity contribution >= 4 is 21.7 Å². The van der Waals surface area contributed by atoms with Gasteiger partial charge in [-0.1, -0.05) is 17.2 Å². The monoisotopic (exact) mass is 471 g/mol. The number of tetrazole rings is 1. The van der Waals surface area contributed by atoms with E-state index in [9.17, 15) is 22.0 Å². The molecule has 0 fully saturated rings. The average Bonchev–Trinajstić information content (AvgIpc) is 3.28. The Morgan fingerprint density at radius 1 is 1.00 bits per heavy atom. The minimum absolute atomic E-state index is 0.0486. The summed E-state index contributed by atoms with van der Waals surface area (Å²) in [7, 11) is -3.40. The number of halogens is 2. The maximum atomic E-state index is 14.2. The highest BCUT2D eigenvalue weighted by Gasteiger charge is 2.17. The third-order valence-corrected chi connectivity index (χ3v) is 5.65. The summed E-state index contributed by atoms with van der Waals surface area (Å²) < 4.78 is 56.7. The molecule has 0 aliphatic carbocycles. The molecule has 0 atom stereocenters. The Morgan fingerprint density at radius 2 is 1.76 bits per heavy atom. The zero-order valence-corrected chi connectivity index (χ0v) is 17.7. The van der Waals surface area contributed by atoms with E-state index in [2.05, 4.69) is 25.9 Å². The van der Waals surface area contributed by atoms with Crippen molar-refractivity contribution in [1.29, 1.82) is 0 Å². The first kappa shape index (κ1) is 22.0. The first-order chi connectivity index (χ1) is 15.7. The van der Waals surface area contributed by atoms with E-state index in [-0.39, 0.29) is 27.9 Å². The first-order valence-electron chi connectivity index (χ1n) is 9.33. The summed E-state index contributed by atoms with van der Waals surface area (Å²) >= 11 is 0. The van der Waals surface area contributed by atoms with Crippen LogP contribution in [0.3, 0.4) is 0 Å². The van der Waals surface area contributed by atoms with Gasteiger partial charge in [0, 0.05) is 23.4 Å². The van der Waals surface area contributed by atoms with Crippen molar-refractivity contribution in [3.8, 4) is 22.6 Å². The van der Waals surface area contributed by atoms with E-state index in [1.54, 1.807) is 18.2 Å². The maximum Gasteiger partial charge on any atom is 0.270 e. The highest BCUT2D eigenvalue weighted by Crippen LogP contribution is 2.36. The van der Waals surface area contributed by atoms with E-state index in [0.29, 0.717) is 17.2 Å². The van der Waals surface area contributed by atoms with E-state index in [0.717, 1.165) is 18.4 Å². The number of aromatic nitrogens is 4. The molecule has 0 unspecified atom stereocenters. The van der Waals surface area contributed by atoms with Crippen LogP contribution in [0.4, 0.5) is 14.7 Å². The number of carbonyl (C=O) groups is 1. The predicted octanol–water partition coefficient (Wildman–Crippen LogP) is 3.59. The van der Waals surface area contributed by atoms with E-state index in [1.807, 2.05) is 0 Å². The molecule has 2 N–H and O–H groups in total. The second-order valence-electron chi connectivity index (χ2n) is 6.87. The van der Waals surface area contributed by atoms with Crippen LogP contribution in [0, 0.1) is 11.6 Å². The summed E-state index contributed by atoms with van der Waals surface area (Å²) in [5.74, 6) is -2.53. The summed E-state index contributed by atoms with van der Waals surface area (Å²) in [5.41, 5.74) is 1.12. The molecule has 0 radical (unpaired) electrons. The number of benzene rings is 3. The number of H-pyrrole nitrogens is 1. The molecule has 0 saturated carbocycles. The quantitative estimate of drug-likeness (QED) is 0.440. The SMILES string of the molecule is CS(=O)(=O)c1ccc(-c2ccc(C(=O)Nc3nn[nH]n3)cc2Oc2ccc(F)cc2F)cc1. The van der Waals surface area contributed by atoms with Gasteiger partial charge in [0.2, 0.25) is 0 Å². The Balaban J connectivity index is 1.75. The van der Waals surface area contributed by atoms with Crippen LogP contribution in [0.25, 0.3) is 11.1 Å². The third kappa shape index (κ3) is 5.01. The fourth-order valence-electron chi connectivity index (χ4n) is 2.93. The highest BCUT2D eigenvalue weighted by atomic mass is 32.2. The number of ether oxygens (including phenoxy) is 1. The fraction of sp³-hybridized carbons (Fsp3) is 0.0476. The first-order valence-corrected chi connectivity index (χ1v) is 11.2. The minimum Gasteiger partial charge on any atom is -0.454 e.